The maximum atomic E-state index is 10.0. The number of ether oxygens (including phenoxy) is 2. The SMILES string of the molecule is CC.COc1ccc(Cc2cc(C3CC(O)CC(CO)O3)ccc2C#N)cc1. The standard InChI is InChI=1S/C21H23NO4.C2H6/c1-25-19-6-2-14(3-7-19)8-17-9-15(4-5-16(17)12-22)21-11-18(24)10-20(13-23)26-21;1-2/h2-7,9,18,20-21,23-24H,8,10-11,13H2,1H3;1-2H3. The third kappa shape index (κ3) is 5.56. The number of rotatable bonds is 5. The lowest BCUT2D eigenvalue weighted by molar-refractivity contribution is -0.113. The van der Waals surface area contributed by atoms with Gasteiger partial charge in [0.15, 0.2) is 0 Å². The Morgan fingerprint density at radius 1 is 1.14 bits per heavy atom. The molecular formula is C23H29NO4. The Kier molecular flexibility index (Phi) is 8.46. The average molecular weight is 383 g/mol. The van der Waals surface area contributed by atoms with Crippen molar-refractivity contribution in [2.24, 2.45) is 0 Å². The number of nitrogens with zero attached hydrogens (tertiary/aromatic N) is 1. The topological polar surface area (TPSA) is 82.7 Å². The zero-order valence-electron chi connectivity index (χ0n) is 16.8. The second kappa shape index (κ2) is 10.8. The van der Waals surface area contributed by atoms with Crippen LogP contribution in [0.15, 0.2) is 42.5 Å². The highest BCUT2D eigenvalue weighted by atomic mass is 16.5. The third-order valence-electron chi connectivity index (χ3n) is 4.76. The first-order valence-electron chi connectivity index (χ1n) is 9.73. The highest BCUT2D eigenvalue weighted by molar-refractivity contribution is 5.44. The van der Waals surface area contributed by atoms with Gasteiger partial charge >= 0.3 is 0 Å². The van der Waals surface area contributed by atoms with Crippen LogP contribution in [0.2, 0.25) is 0 Å². The van der Waals surface area contributed by atoms with Crippen LogP contribution in [-0.4, -0.2) is 36.1 Å². The Morgan fingerprint density at radius 2 is 1.86 bits per heavy atom. The number of benzene rings is 2. The van der Waals surface area contributed by atoms with Crippen molar-refractivity contribution >= 4 is 0 Å². The molecule has 5 nitrogen and oxygen atoms in total. The lowest BCUT2D eigenvalue weighted by Crippen LogP contribution is -2.33. The number of methoxy groups -OCH3 is 1. The van der Waals surface area contributed by atoms with Crippen LogP contribution in [-0.2, 0) is 11.2 Å². The van der Waals surface area contributed by atoms with Crippen molar-refractivity contribution < 1.29 is 19.7 Å². The summed E-state index contributed by atoms with van der Waals surface area (Å²) in [6.07, 6.45) is 0.431. The predicted octanol–water partition coefficient (Wildman–Crippen LogP) is 3.76. The Morgan fingerprint density at radius 3 is 2.46 bits per heavy atom. The minimum atomic E-state index is -0.494. The smallest absolute Gasteiger partial charge is 0.118 e. The van der Waals surface area contributed by atoms with Gasteiger partial charge in [0.25, 0.3) is 0 Å². The lowest BCUT2D eigenvalue weighted by Gasteiger charge is -2.32. The summed E-state index contributed by atoms with van der Waals surface area (Å²) in [4.78, 5) is 0. The van der Waals surface area contributed by atoms with E-state index in [-0.39, 0.29) is 18.8 Å². The summed E-state index contributed by atoms with van der Waals surface area (Å²) in [5.74, 6) is 0.794. The third-order valence-corrected chi connectivity index (χ3v) is 4.76. The second-order valence-corrected chi connectivity index (χ2v) is 6.61. The minimum absolute atomic E-state index is 0.109. The molecule has 3 unspecified atom stereocenters. The van der Waals surface area contributed by atoms with Crippen molar-refractivity contribution in [3.8, 4) is 11.8 Å². The fraction of sp³-hybridized carbons (Fsp3) is 0.435. The molecule has 5 heteroatoms. The number of aliphatic hydroxyl groups excluding tert-OH is 2. The molecule has 1 fully saturated rings. The van der Waals surface area contributed by atoms with Gasteiger partial charge in [0.1, 0.15) is 5.75 Å². The maximum absolute atomic E-state index is 10.0. The van der Waals surface area contributed by atoms with Crippen LogP contribution in [0.1, 0.15) is 55.0 Å². The summed E-state index contributed by atoms with van der Waals surface area (Å²) in [5, 5.41) is 28.8. The Bertz CT molecular complexity index is 782. The molecular weight excluding hydrogens is 354 g/mol. The van der Waals surface area contributed by atoms with E-state index in [1.54, 1.807) is 13.2 Å². The quantitative estimate of drug-likeness (QED) is 0.821. The molecule has 2 aromatic rings. The first-order valence-corrected chi connectivity index (χ1v) is 9.73. The first kappa shape index (κ1) is 21.9. The Hall–Kier alpha value is -2.39. The van der Waals surface area contributed by atoms with E-state index in [0.29, 0.717) is 24.8 Å². The summed E-state index contributed by atoms with van der Waals surface area (Å²) in [5.41, 5.74) is 3.54. The van der Waals surface area contributed by atoms with Crippen LogP contribution in [0.3, 0.4) is 0 Å². The second-order valence-electron chi connectivity index (χ2n) is 6.61. The van der Waals surface area contributed by atoms with Gasteiger partial charge < -0.3 is 19.7 Å². The molecule has 0 saturated carbocycles. The van der Waals surface area contributed by atoms with Crippen molar-refractivity contribution in [1.29, 1.82) is 5.26 Å². The maximum Gasteiger partial charge on any atom is 0.118 e. The fourth-order valence-corrected chi connectivity index (χ4v) is 3.35. The molecule has 1 aliphatic heterocycles. The van der Waals surface area contributed by atoms with Gasteiger partial charge in [-0.1, -0.05) is 38.1 Å². The molecule has 2 aromatic carbocycles. The van der Waals surface area contributed by atoms with Crippen LogP contribution >= 0.6 is 0 Å². The number of hydrogen-bond acceptors (Lipinski definition) is 5. The van der Waals surface area contributed by atoms with Crippen molar-refractivity contribution in [3.05, 3.63) is 64.7 Å². The van der Waals surface area contributed by atoms with Gasteiger partial charge in [0.05, 0.1) is 43.7 Å². The van der Waals surface area contributed by atoms with Crippen LogP contribution < -0.4 is 4.74 Å². The monoisotopic (exact) mass is 383 g/mol. The molecule has 1 saturated heterocycles. The fourth-order valence-electron chi connectivity index (χ4n) is 3.35. The molecule has 0 bridgehead atoms. The largest absolute Gasteiger partial charge is 0.497 e. The molecule has 0 spiro atoms. The summed E-state index contributed by atoms with van der Waals surface area (Å²) in [7, 11) is 1.63. The lowest BCUT2D eigenvalue weighted by atomic mass is 9.92. The normalized spacial score (nSPS) is 21.2. The van der Waals surface area contributed by atoms with Crippen LogP contribution in [0.4, 0.5) is 0 Å². The van der Waals surface area contributed by atoms with Gasteiger partial charge in [-0.05, 0) is 41.3 Å². The van der Waals surface area contributed by atoms with Gasteiger partial charge in [0.2, 0.25) is 0 Å². The van der Waals surface area contributed by atoms with E-state index in [0.717, 1.165) is 22.4 Å². The van der Waals surface area contributed by atoms with Crippen molar-refractivity contribution in [2.45, 2.75) is 51.4 Å². The van der Waals surface area contributed by atoms with E-state index in [4.69, 9.17) is 9.47 Å². The summed E-state index contributed by atoms with van der Waals surface area (Å²) < 4.78 is 11.1. The molecule has 3 atom stereocenters. The van der Waals surface area contributed by atoms with Crippen LogP contribution in [0.5, 0.6) is 5.75 Å². The highest BCUT2D eigenvalue weighted by Gasteiger charge is 2.29. The molecule has 0 radical (unpaired) electrons. The zero-order valence-corrected chi connectivity index (χ0v) is 16.8. The van der Waals surface area contributed by atoms with Gasteiger partial charge in [0, 0.05) is 12.8 Å². The van der Waals surface area contributed by atoms with Crippen molar-refractivity contribution in [3.63, 3.8) is 0 Å². The number of nitriles is 1. The zero-order chi connectivity index (χ0) is 20.5. The number of aliphatic hydroxyl groups is 2. The predicted molar refractivity (Wildman–Crippen MR) is 108 cm³/mol. The van der Waals surface area contributed by atoms with Crippen LogP contribution in [0, 0.1) is 11.3 Å². The molecule has 0 aliphatic carbocycles. The van der Waals surface area contributed by atoms with E-state index in [1.165, 1.54) is 0 Å². The number of hydrogen-bond donors (Lipinski definition) is 2. The molecule has 28 heavy (non-hydrogen) atoms. The molecule has 1 heterocycles. The first-order chi connectivity index (χ1) is 13.6. The molecule has 3 rings (SSSR count). The van der Waals surface area contributed by atoms with Crippen molar-refractivity contribution in [1.82, 2.24) is 0 Å². The van der Waals surface area contributed by atoms with E-state index < -0.39 is 6.10 Å². The Balaban J connectivity index is 0.00000136. The van der Waals surface area contributed by atoms with Crippen LogP contribution in [0.25, 0.3) is 0 Å². The van der Waals surface area contributed by atoms with E-state index in [1.807, 2.05) is 50.2 Å². The van der Waals surface area contributed by atoms with Gasteiger partial charge in [-0.2, -0.15) is 5.26 Å². The summed E-state index contributed by atoms with van der Waals surface area (Å²) in [6, 6.07) is 15.6. The van der Waals surface area contributed by atoms with E-state index in [9.17, 15) is 15.5 Å². The highest BCUT2D eigenvalue weighted by Crippen LogP contribution is 2.32. The summed E-state index contributed by atoms with van der Waals surface area (Å²) in [6.45, 7) is 3.89. The van der Waals surface area contributed by atoms with E-state index in [2.05, 4.69) is 6.07 Å². The minimum Gasteiger partial charge on any atom is -0.497 e. The van der Waals surface area contributed by atoms with Gasteiger partial charge in [-0.15, -0.1) is 0 Å². The summed E-state index contributed by atoms with van der Waals surface area (Å²) >= 11 is 0. The van der Waals surface area contributed by atoms with Gasteiger partial charge in [-0.3, -0.25) is 0 Å². The molecule has 0 aromatic heterocycles. The molecule has 1 aliphatic rings. The Labute approximate surface area is 167 Å². The molecule has 150 valence electrons. The van der Waals surface area contributed by atoms with E-state index >= 15 is 0 Å². The molecule has 2 N–H and O–H groups in total. The molecule has 0 amide bonds. The van der Waals surface area contributed by atoms with Crippen molar-refractivity contribution in [2.75, 3.05) is 13.7 Å². The van der Waals surface area contributed by atoms with Gasteiger partial charge in [-0.25, -0.2) is 0 Å². The average Bonchev–Trinajstić information content (AvgIpc) is 2.75.